The standard InChI is InChI=1S/2C7H4F3NO.Zn/c2*8-4-2-1-3-5(6(4)9)11-7(10)12;/h2*1-3H,(H,11,12);/q;;+2/p-2. The van der Waals surface area contributed by atoms with E-state index in [1.807, 2.05) is 0 Å². The molecule has 0 saturated heterocycles. The molecule has 0 radical (unpaired) electrons. The van der Waals surface area contributed by atoms with Crippen LogP contribution in [0.2, 0.25) is 0 Å². The van der Waals surface area contributed by atoms with E-state index in [1.165, 1.54) is 0 Å². The van der Waals surface area contributed by atoms with Gasteiger partial charge in [-0.25, -0.2) is 0 Å². The molecular weight excluding hydrogens is 408 g/mol. The third kappa shape index (κ3) is 3.98. The Labute approximate surface area is 144 Å². The summed E-state index contributed by atoms with van der Waals surface area (Å²) in [6.07, 6.45) is -4.60. The number of hydrogen-bond acceptors (Lipinski definition) is 2. The molecule has 2 aromatic rings. The van der Waals surface area contributed by atoms with Gasteiger partial charge < -0.3 is 0 Å². The summed E-state index contributed by atoms with van der Waals surface area (Å²) in [5.41, 5.74) is -1.76. The molecule has 128 valence electrons. The van der Waals surface area contributed by atoms with Crippen molar-refractivity contribution in [3.8, 4) is 0 Å². The number of carbonyl (C=O) groups is 2. The van der Waals surface area contributed by atoms with Gasteiger partial charge in [0, 0.05) is 0 Å². The predicted octanol–water partition coefficient (Wildman–Crippen LogP) is 4.65. The van der Waals surface area contributed by atoms with Crippen LogP contribution in [0, 0.1) is 23.3 Å². The summed E-state index contributed by atoms with van der Waals surface area (Å²) >= 11 is -3.47. The molecule has 2 aromatic carbocycles. The molecule has 0 saturated carbocycles. The van der Waals surface area contributed by atoms with E-state index in [1.54, 1.807) is 0 Å². The number of anilines is 2. The first kappa shape index (κ1) is 18.9. The Kier molecular flexibility index (Phi) is 5.78. The molecule has 2 amide bonds. The van der Waals surface area contributed by atoms with Gasteiger partial charge in [-0.3, -0.25) is 0 Å². The number of amides is 2. The fraction of sp³-hybridized carbons (Fsp3) is 0. The molecule has 0 atom stereocenters. The van der Waals surface area contributed by atoms with Crippen molar-refractivity contribution in [3.05, 3.63) is 59.7 Å². The van der Waals surface area contributed by atoms with E-state index >= 15 is 0 Å². The fourth-order valence-corrected chi connectivity index (χ4v) is 4.72. The van der Waals surface area contributed by atoms with Gasteiger partial charge in [-0.15, -0.1) is 0 Å². The molecule has 2 rings (SSSR count). The molecule has 0 heterocycles. The van der Waals surface area contributed by atoms with E-state index in [4.69, 9.17) is 0 Å². The molecule has 11 heteroatoms. The third-order valence-electron chi connectivity index (χ3n) is 3.15. The summed E-state index contributed by atoms with van der Waals surface area (Å²) in [6, 6.07) is 4.94. The van der Waals surface area contributed by atoms with Crippen LogP contribution in [0.4, 0.5) is 47.3 Å². The number of benzene rings is 2. The van der Waals surface area contributed by atoms with Crippen molar-refractivity contribution < 1.29 is 53.5 Å². The quantitative estimate of drug-likeness (QED) is 0.317. The van der Waals surface area contributed by atoms with Crippen LogP contribution in [-0.2, 0) is 17.6 Å². The second kappa shape index (κ2) is 7.65. The van der Waals surface area contributed by atoms with E-state index in [2.05, 4.69) is 0 Å². The Morgan fingerprint density at radius 1 is 0.720 bits per heavy atom. The number of hydrogen-bond donors (Lipinski definition) is 0. The van der Waals surface area contributed by atoms with Crippen LogP contribution in [0.5, 0.6) is 0 Å². The maximum absolute atomic E-state index is 13.8. The van der Waals surface area contributed by atoms with E-state index in [-0.39, 0.29) is 7.29 Å². The molecule has 0 aliphatic heterocycles. The number of carbonyl (C=O) groups excluding carboxylic acids is 2. The first-order chi connectivity index (χ1) is 11.7. The van der Waals surface area contributed by atoms with Crippen molar-refractivity contribution in [1.29, 1.82) is 0 Å². The van der Waals surface area contributed by atoms with Gasteiger partial charge in [-0.2, -0.15) is 0 Å². The molecule has 0 fully saturated rings. The van der Waals surface area contributed by atoms with Crippen LogP contribution in [-0.4, -0.2) is 12.3 Å². The van der Waals surface area contributed by atoms with Crippen LogP contribution < -0.4 is 7.29 Å². The Hall–Kier alpha value is -2.42. The number of halogens is 6. The Balaban J connectivity index is 2.48. The van der Waals surface area contributed by atoms with E-state index in [0.717, 1.165) is 24.3 Å². The zero-order valence-electron chi connectivity index (χ0n) is 12.1. The predicted molar refractivity (Wildman–Crippen MR) is 70.7 cm³/mol. The molecule has 0 aromatic heterocycles. The molecule has 0 aliphatic rings. The summed E-state index contributed by atoms with van der Waals surface area (Å²) < 4.78 is 80.7. The Bertz CT molecular complexity index is 767. The molecule has 0 N–H and O–H groups in total. The normalized spacial score (nSPS) is 10.2. The van der Waals surface area contributed by atoms with Gasteiger partial charge in [0.1, 0.15) is 0 Å². The van der Waals surface area contributed by atoms with E-state index in [0.29, 0.717) is 12.1 Å². The number of rotatable bonds is 4. The third-order valence-corrected chi connectivity index (χ3v) is 6.81. The molecule has 25 heavy (non-hydrogen) atoms. The summed E-state index contributed by atoms with van der Waals surface area (Å²) in [5.74, 6) is -6.04. The summed E-state index contributed by atoms with van der Waals surface area (Å²) in [5, 5.41) is 0. The van der Waals surface area contributed by atoms with Crippen molar-refractivity contribution in [3.63, 3.8) is 0 Å². The number of nitrogens with zero attached hydrogens (tertiary/aromatic N) is 2. The molecule has 0 unspecified atom stereocenters. The Morgan fingerprint density at radius 2 is 1.08 bits per heavy atom. The molecular formula is C14H6F6N2O2Zn. The van der Waals surface area contributed by atoms with Crippen LogP contribution in [0.1, 0.15) is 0 Å². The van der Waals surface area contributed by atoms with Crippen LogP contribution in [0.3, 0.4) is 0 Å². The van der Waals surface area contributed by atoms with Gasteiger partial charge in [-0.1, -0.05) is 0 Å². The minimum atomic E-state index is -3.47. The fourth-order valence-electron chi connectivity index (χ4n) is 2.00. The average molecular weight is 414 g/mol. The topological polar surface area (TPSA) is 40.6 Å². The second-order valence-corrected chi connectivity index (χ2v) is 7.90. The summed E-state index contributed by atoms with van der Waals surface area (Å²) in [7, 11) is 0. The first-order valence-electron chi connectivity index (χ1n) is 6.56. The second-order valence-electron chi connectivity index (χ2n) is 4.65. The van der Waals surface area contributed by atoms with E-state index < -0.39 is 64.6 Å². The van der Waals surface area contributed by atoms with Gasteiger partial charge in [0.05, 0.1) is 0 Å². The molecule has 0 aliphatic carbocycles. The van der Waals surface area contributed by atoms with Crippen molar-refractivity contribution in [2.24, 2.45) is 0 Å². The Morgan fingerprint density at radius 3 is 1.40 bits per heavy atom. The van der Waals surface area contributed by atoms with Crippen molar-refractivity contribution >= 4 is 23.7 Å². The monoisotopic (exact) mass is 412 g/mol. The van der Waals surface area contributed by atoms with Crippen LogP contribution >= 0.6 is 0 Å². The first-order valence-corrected chi connectivity index (χ1v) is 9.21. The molecule has 0 bridgehead atoms. The van der Waals surface area contributed by atoms with Gasteiger partial charge >= 0.3 is 144 Å². The SMILES string of the molecule is O=C(F)[N]([Zn][N](C(=O)F)c1cccc(F)c1F)c1cccc(F)c1F. The minimum absolute atomic E-state index is 0.0350. The maximum atomic E-state index is 13.8. The van der Waals surface area contributed by atoms with Gasteiger partial charge in [0.2, 0.25) is 0 Å². The van der Waals surface area contributed by atoms with Crippen molar-refractivity contribution in [1.82, 2.24) is 0 Å². The molecule has 0 spiro atoms. The summed E-state index contributed by atoms with van der Waals surface area (Å²) in [6.45, 7) is 0. The van der Waals surface area contributed by atoms with Crippen LogP contribution in [0.25, 0.3) is 0 Å². The van der Waals surface area contributed by atoms with E-state index in [9.17, 15) is 35.9 Å². The van der Waals surface area contributed by atoms with Gasteiger partial charge in [-0.05, 0) is 0 Å². The zero-order chi connectivity index (χ0) is 18.7. The van der Waals surface area contributed by atoms with Crippen molar-refractivity contribution in [2.45, 2.75) is 0 Å². The van der Waals surface area contributed by atoms with Crippen LogP contribution in [0.15, 0.2) is 36.4 Å². The summed E-state index contributed by atoms with van der Waals surface area (Å²) in [4.78, 5) is 22.3. The van der Waals surface area contributed by atoms with Gasteiger partial charge in [0.25, 0.3) is 0 Å². The van der Waals surface area contributed by atoms with Crippen molar-refractivity contribution in [2.75, 3.05) is 7.29 Å². The average Bonchev–Trinajstić information content (AvgIpc) is 2.54. The van der Waals surface area contributed by atoms with Gasteiger partial charge in [0.15, 0.2) is 0 Å². The molecule has 4 nitrogen and oxygen atoms in total. The zero-order valence-corrected chi connectivity index (χ0v) is 15.1.